The number of oxime groups is 1. The van der Waals surface area contributed by atoms with Gasteiger partial charge >= 0.3 is 0 Å². The molecule has 0 radical (unpaired) electrons. The molecule has 0 saturated carbocycles. The minimum atomic E-state index is 0.0576. The van der Waals surface area contributed by atoms with Crippen LogP contribution in [0.3, 0.4) is 0 Å². The first-order chi connectivity index (χ1) is 12.2. The summed E-state index contributed by atoms with van der Waals surface area (Å²) in [4.78, 5) is 8.34. The van der Waals surface area contributed by atoms with E-state index in [1.165, 1.54) is 11.1 Å². The quantitative estimate of drug-likeness (QED) is 0.377. The van der Waals surface area contributed by atoms with Crippen molar-refractivity contribution in [2.24, 2.45) is 5.16 Å². The summed E-state index contributed by atoms with van der Waals surface area (Å²) in [6, 6.07) is 16.5. The van der Waals surface area contributed by atoms with Crippen molar-refractivity contribution in [3.63, 3.8) is 0 Å². The predicted molar refractivity (Wildman–Crippen MR) is 102 cm³/mol. The first-order valence-electron chi connectivity index (χ1n) is 7.97. The Balaban J connectivity index is 2.02. The number of hydrogen-bond acceptors (Lipinski definition) is 4. The molecule has 0 spiro atoms. The molecule has 4 nitrogen and oxygen atoms in total. The first kappa shape index (κ1) is 17.3. The van der Waals surface area contributed by atoms with E-state index in [9.17, 15) is 5.21 Å². The molecule has 5 heteroatoms. The third-order valence-corrected chi connectivity index (χ3v) is 4.74. The summed E-state index contributed by atoms with van der Waals surface area (Å²) in [6.45, 7) is 2.10. The second-order valence-corrected chi connectivity index (χ2v) is 6.72. The molecule has 2 aromatic carbocycles. The van der Waals surface area contributed by atoms with Crippen LogP contribution in [0.25, 0.3) is 0 Å². The van der Waals surface area contributed by atoms with Crippen LogP contribution in [0.15, 0.2) is 76.7 Å². The molecule has 1 heterocycles. The molecule has 0 aliphatic carbocycles. The van der Waals surface area contributed by atoms with Crippen LogP contribution in [-0.2, 0) is 0 Å². The molecule has 1 aromatic heterocycles. The van der Waals surface area contributed by atoms with Crippen LogP contribution in [-0.4, -0.2) is 20.9 Å². The molecule has 1 unspecified atom stereocenters. The van der Waals surface area contributed by atoms with E-state index in [2.05, 4.69) is 62.2 Å². The molecule has 0 fully saturated rings. The SMILES string of the molecule is Cc1ccccc1C(CC(=NO)c1cnccn1)c1ccc(Br)cc1. The van der Waals surface area contributed by atoms with E-state index in [0.717, 1.165) is 10.0 Å². The zero-order valence-corrected chi connectivity index (χ0v) is 15.4. The van der Waals surface area contributed by atoms with E-state index >= 15 is 0 Å². The van der Waals surface area contributed by atoms with Gasteiger partial charge in [0.2, 0.25) is 0 Å². The highest BCUT2D eigenvalue weighted by atomic mass is 79.9. The number of hydrogen-bond donors (Lipinski definition) is 1. The lowest BCUT2D eigenvalue weighted by molar-refractivity contribution is 0.317. The summed E-state index contributed by atoms with van der Waals surface area (Å²) in [6.07, 6.45) is 5.35. The fraction of sp³-hybridized carbons (Fsp3) is 0.150. The largest absolute Gasteiger partial charge is 0.411 e. The minimum absolute atomic E-state index is 0.0576. The smallest absolute Gasteiger partial charge is 0.108 e. The van der Waals surface area contributed by atoms with E-state index in [1.54, 1.807) is 18.6 Å². The molecule has 0 amide bonds. The van der Waals surface area contributed by atoms with Gasteiger partial charge in [0.1, 0.15) is 11.4 Å². The maximum Gasteiger partial charge on any atom is 0.108 e. The van der Waals surface area contributed by atoms with Crippen molar-refractivity contribution in [1.29, 1.82) is 0 Å². The molecule has 1 N–H and O–H groups in total. The third-order valence-electron chi connectivity index (χ3n) is 4.21. The fourth-order valence-corrected chi connectivity index (χ4v) is 3.18. The highest BCUT2D eigenvalue weighted by Crippen LogP contribution is 2.32. The van der Waals surface area contributed by atoms with Crippen molar-refractivity contribution in [1.82, 2.24) is 9.97 Å². The van der Waals surface area contributed by atoms with Crippen molar-refractivity contribution in [3.05, 3.63) is 94.0 Å². The zero-order chi connectivity index (χ0) is 17.6. The van der Waals surface area contributed by atoms with E-state index < -0.39 is 0 Å². The normalized spacial score (nSPS) is 12.8. The van der Waals surface area contributed by atoms with Crippen LogP contribution >= 0.6 is 15.9 Å². The molecule has 0 aliphatic rings. The van der Waals surface area contributed by atoms with Gasteiger partial charge in [-0.25, -0.2) is 0 Å². The Morgan fingerprint density at radius 3 is 2.52 bits per heavy atom. The molecule has 25 heavy (non-hydrogen) atoms. The van der Waals surface area contributed by atoms with E-state index in [-0.39, 0.29) is 5.92 Å². The van der Waals surface area contributed by atoms with E-state index in [4.69, 9.17) is 0 Å². The second-order valence-electron chi connectivity index (χ2n) is 5.80. The summed E-state index contributed by atoms with van der Waals surface area (Å²) in [7, 11) is 0. The number of aromatic nitrogens is 2. The van der Waals surface area contributed by atoms with Gasteiger partial charge in [-0.1, -0.05) is 57.5 Å². The molecule has 3 rings (SSSR count). The maximum absolute atomic E-state index is 9.55. The average Bonchev–Trinajstić information content (AvgIpc) is 2.65. The number of rotatable bonds is 5. The molecule has 1 atom stereocenters. The van der Waals surface area contributed by atoms with Crippen molar-refractivity contribution >= 4 is 21.6 Å². The van der Waals surface area contributed by atoms with Crippen LogP contribution in [0, 0.1) is 6.92 Å². The Hall–Kier alpha value is -2.53. The van der Waals surface area contributed by atoms with Gasteiger partial charge in [-0.2, -0.15) is 0 Å². The Kier molecular flexibility index (Phi) is 5.56. The summed E-state index contributed by atoms with van der Waals surface area (Å²) in [5.74, 6) is 0.0576. The van der Waals surface area contributed by atoms with Gasteiger partial charge in [-0.05, 0) is 35.7 Å². The minimum Gasteiger partial charge on any atom is -0.411 e. The molecule has 126 valence electrons. The molecular weight excluding hydrogens is 378 g/mol. The van der Waals surface area contributed by atoms with Crippen molar-refractivity contribution in [3.8, 4) is 0 Å². The Bertz CT molecular complexity index is 864. The average molecular weight is 396 g/mol. The topological polar surface area (TPSA) is 58.4 Å². The van der Waals surface area contributed by atoms with Gasteiger partial charge in [0.05, 0.1) is 6.20 Å². The van der Waals surface area contributed by atoms with Gasteiger partial charge in [0, 0.05) is 29.2 Å². The Morgan fingerprint density at radius 1 is 1.12 bits per heavy atom. The van der Waals surface area contributed by atoms with Gasteiger partial charge < -0.3 is 5.21 Å². The summed E-state index contributed by atoms with van der Waals surface area (Å²) in [5.41, 5.74) is 4.66. The highest BCUT2D eigenvalue weighted by Gasteiger charge is 2.20. The summed E-state index contributed by atoms with van der Waals surface area (Å²) < 4.78 is 1.03. The number of nitrogens with zero attached hydrogens (tertiary/aromatic N) is 3. The van der Waals surface area contributed by atoms with Gasteiger partial charge in [0.15, 0.2) is 0 Å². The van der Waals surface area contributed by atoms with Gasteiger partial charge in [-0.15, -0.1) is 0 Å². The molecule has 0 saturated heterocycles. The Morgan fingerprint density at radius 2 is 1.88 bits per heavy atom. The van der Waals surface area contributed by atoms with Crippen molar-refractivity contribution < 1.29 is 5.21 Å². The van der Waals surface area contributed by atoms with Crippen LogP contribution in [0.2, 0.25) is 0 Å². The second kappa shape index (κ2) is 8.03. The van der Waals surface area contributed by atoms with E-state index in [0.29, 0.717) is 17.8 Å². The monoisotopic (exact) mass is 395 g/mol. The number of halogens is 1. The van der Waals surface area contributed by atoms with Crippen LogP contribution in [0.1, 0.15) is 34.7 Å². The number of aryl methyl sites for hydroxylation is 1. The lowest BCUT2D eigenvalue weighted by Crippen LogP contribution is -2.13. The predicted octanol–water partition coefficient (Wildman–Crippen LogP) is 4.95. The molecular formula is C20H18BrN3O. The van der Waals surface area contributed by atoms with Crippen LogP contribution in [0.5, 0.6) is 0 Å². The zero-order valence-electron chi connectivity index (χ0n) is 13.8. The molecule has 0 aliphatic heterocycles. The van der Waals surface area contributed by atoms with Gasteiger partial charge in [-0.3, -0.25) is 9.97 Å². The fourth-order valence-electron chi connectivity index (χ4n) is 2.92. The highest BCUT2D eigenvalue weighted by molar-refractivity contribution is 9.10. The number of benzene rings is 2. The van der Waals surface area contributed by atoms with Gasteiger partial charge in [0.25, 0.3) is 0 Å². The Labute approximate surface area is 155 Å². The van der Waals surface area contributed by atoms with Crippen molar-refractivity contribution in [2.45, 2.75) is 19.3 Å². The maximum atomic E-state index is 9.55. The standard InChI is InChI=1S/C20H18BrN3O/c1-14-4-2-3-5-17(14)18(15-6-8-16(21)9-7-15)12-19(24-25)20-13-22-10-11-23-20/h2-11,13,18,25H,12H2,1H3. The van der Waals surface area contributed by atoms with Crippen LogP contribution in [0.4, 0.5) is 0 Å². The summed E-state index contributed by atoms with van der Waals surface area (Å²) >= 11 is 3.48. The summed E-state index contributed by atoms with van der Waals surface area (Å²) in [5, 5.41) is 13.0. The first-order valence-corrected chi connectivity index (χ1v) is 8.76. The van der Waals surface area contributed by atoms with E-state index in [1.807, 2.05) is 24.3 Å². The lowest BCUT2D eigenvalue weighted by atomic mass is 9.84. The lowest BCUT2D eigenvalue weighted by Gasteiger charge is -2.20. The van der Waals surface area contributed by atoms with Crippen molar-refractivity contribution in [2.75, 3.05) is 0 Å². The third kappa shape index (κ3) is 4.12. The van der Waals surface area contributed by atoms with Crippen LogP contribution < -0.4 is 0 Å². The molecule has 3 aromatic rings. The molecule has 0 bridgehead atoms.